The first-order chi connectivity index (χ1) is 9.91. The number of nitrogens with two attached hydrogens (primary N) is 1. The Kier molecular flexibility index (Phi) is 4.28. The number of hydrogen-bond donors (Lipinski definition) is 2. The van der Waals surface area contributed by atoms with Crippen molar-refractivity contribution in [2.45, 2.75) is 32.4 Å². The maximum Gasteiger partial charge on any atom is 0.332 e. The highest BCUT2D eigenvalue weighted by Crippen LogP contribution is 2.21. The van der Waals surface area contributed by atoms with E-state index in [2.05, 4.69) is 0 Å². The molecule has 0 aliphatic rings. The summed E-state index contributed by atoms with van der Waals surface area (Å²) in [5.74, 6) is -0.968. The number of aliphatic carboxylic acids is 1. The number of nitrogens with zero attached hydrogens (tertiary/aromatic N) is 2. The van der Waals surface area contributed by atoms with Crippen molar-refractivity contribution < 1.29 is 9.90 Å². The van der Waals surface area contributed by atoms with Gasteiger partial charge in [-0.15, -0.1) is 0 Å². The average molecular weight is 289 g/mol. The number of aromatic nitrogens is 2. The fraction of sp³-hybridized carbons (Fsp3) is 0.333. The standard InChI is InChI=1S/C15H19N3O3/c1-10(2)17-7-8-18(15(17)21)13-6-4-3-5-11(13)12(16)9-14(19)20/h3-8,10,12H,9,16H2,1-2H3,(H,19,20). The molecular formula is C15H19N3O3. The number of benzene rings is 1. The van der Waals surface area contributed by atoms with Gasteiger partial charge in [-0.05, 0) is 25.5 Å². The van der Waals surface area contributed by atoms with Crippen LogP contribution in [0.15, 0.2) is 41.5 Å². The van der Waals surface area contributed by atoms with E-state index in [1.54, 1.807) is 41.2 Å². The van der Waals surface area contributed by atoms with Crippen molar-refractivity contribution in [3.63, 3.8) is 0 Å². The average Bonchev–Trinajstić information content (AvgIpc) is 2.79. The van der Waals surface area contributed by atoms with E-state index in [0.29, 0.717) is 11.3 Å². The Morgan fingerprint density at radius 1 is 1.29 bits per heavy atom. The van der Waals surface area contributed by atoms with Crippen LogP contribution in [0.2, 0.25) is 0 Å². The van der Waals surface area contributed by atoms with Crippen LogP contribution in [0.5, 0.6) is 0 Å². The third-order valence-electron chi connectivity index (χ3n) is 3.35. The van der Waals surface area contributed by atoms with E-state index in [1.807, 2.05) is 13.8 Å². The molecule has 21 heavy (non-hydrogen) atoms. The summed E-state index contributed by atoms with van der Waals surface area (Å²) < 4.78 is 3.11. The first-order valence-electron chi connectivity index (χ1n) is 6.78. The molecule has 1 aromatic heterocycles. The number of para-hydroxylation sites is 1. The fourth-order valence-electron chi connectivity index (χ4n) is 2.29. The summed E-state index contributed by atoms with van der Waals surface area (Å²) in [6.07, 6.45) is 3.21. The maximum atomic E-state index is 12.4. The van der Waals surface area contributed by atoms with E-state index < -0.39 is 12.0 Å². The van der Waals surface area contributed by atoms with Gasteiger partial charge in [-0.3, -0.25) is 13.9 Å². The van der Waals surface area contributed by atoms with Crippen molar-refractivity contribution in [2.75, 3.05) is 0 Å². The van der Waals surface area contributed by atoms with Crippen molar-refractivity contribution in [3.05, 3.63) is 52.7 Å². The fourth-order valence-corrected chi connectivity index (χ4v) is 2.29. The van der Waals surface area contributed by atoms with Gasteiger partial charge in [0, 0.05) is 24.5 Å². The normalized spacial score (nSPS) is 12.6. The molecule has 1 heterocycles. The lowest BCUT2D eigenvalue weighted by Gasteiger charge is -2.15. The van der Waals surface area contributed by atoms with Gasteiger partial charge in [0.2, 0.25) is 0 Å². The first kappa shape index (κ1) is 15.1. The molecule has 2 rings (SSSR count). The maximum absolute atomic E-state index is 12.4. The zero-order valence-corrected chi connectivity index (χ0v) is 12.1. The smallest absolute Gasteiger partial charge is 0.332 e. The van der Waals surface area contributed by atoms with Gasteiger partial charge in [0.05, 0.1) is 12.1 Å². The summed E-state index contributed by atoms with van der Waals surface area (Å²) in [6, 6.07) is 6.49. The lowest BCUT2D eigenvalue weighted by molar-refractivity contribution is -0.137. The second-order valence-corrected chi connectivity index (χ2v) is 5.21. The minimum absolute atomic E-state index is 0.0543. The van der Waals surface area contributed by atoms with Gasteiger partial charge in [-0.1, -0.05) is 18.2 Å². The molecule has 112 valence electrons. The molecule has 0 aliphatic heterocycles. The minimum Gasteiger partial charge on any atom is -0.481 e. The van der Waals surface area contributed by atoms with Crippen molar-refractivity contribution in [3.8, 4) is 5.69 Å². The van der Waals surface area contributed by atoms with E-state index >= 15 is 0 Å². The summed E-state index contributed by atoms with van der Waals surface area (Å²) in [5, 5.41) is 8.89. The summed E-state index contributed by atoms with van der Waals surface area (Å²) in [5.41, 5.74) is 7.04. The van der Waals surface area contributed by atoms with Gasteiger partial charge in [0.1, 0.15) is 0 Å². The molecule has 0 bridgehead atoms. The van der Waals surface area contributed by atoms with Crippen LogP contribution in [-0.4, -0.2) is 20.2 Å². The molecule has 1 atom stereocenters. The molecule has 6 nitrogen and oxygen atoms in total. The second kappa shape index (κ2) is 5.97. The molecule has 1 unspecified atom stereocenters. The Labute approximate surface area is 122 Å². The molecule has 0 radical (unpaired) electrons. The van der Waals surface area contributed by atoms with E-state index in [1.165, 1.54) is 4.57 Å². The Morgan fingerprint density at radius 2 is 1.95 bits per heavy atom. The molecule has 6 heteroatoms. The van der Waals surface area contributed by atoms with Gasteiger partial charge in [0.15, 0.2) is 0 Å². The van der Waals surface area contributed by atoms with E-state index in [0.717, 1.165) is 0 Å². The minimum atomic E-state index is -0.968. The highest BCUT2D eigenvalue weighted by molar-refractivity contribution is 5.68. The summed E-state index contributed by atoms with van der Waals surface area (Å²) in [7, 11) is 0. The largest absolute Gasteiger partial charge is 0.481 e. The number of rotatable bonds is 5. The quantitative estimate of drug-likeness (QED) is 0.876. The van der Waals surface area contributed by atoms with Gasteiger partial charge in [0.25, 0.3) is 0 Å². The number of carbonyl (C=O) groups is 1. The molecule has 0 aliphatic carbocycles. The molecule has 0 saturated heterocycles. The van der Waals surface area contributed by atoms with E-state index in [9.17, 15) is 9.59 Å². The zero-order chi connectivity index (χ0) is 15.6. The molecule has 0 fully saturated rings. The number of imidazole rings is 1. The number of carboxylic acids is 1. The highest BCUT2D eigenvalue weighted by atomic mass is 16.4. The van der Waals surface area contributed by atoms with Gasteiger partial charge < -0.3 is 10.8 Å². The van der Waals surface area contributed by atoms with Crippen LogP contribution in [-0.2, 0) is 4.79 Å². The molecule has 3 N–H and O–H groups in total. The topological polar surface area (TPSA) is 90.2 Å². The third kappa shape index (κ3) is 3.05. The molecule has 0 spiro atoms. The Morgan fingerprint density at radius 3 is 2.52 bits per heavy atom. The van der Waals surface area contributed by atoms with Crippen molar-refractivity contribution in [1.82, 2.24) is 9.13 Å². The summed E-state index contributed by atoms with van der Waals surface area (Å²) >= 11 is 0. The van der Waals surface area contributed by atoms with Crippen molar-refractivity contribution in [2.24, 2.45) is 5.73 Å². The van der Waals surface area contributed by atoms with Crippen LogP contribution >= 0.6 is 0 Å². The van der Waals surface area contributed by atoms with Gasteiger partial charge in [-0.25, -0.2) is 4.79 Å². The molecule has 2 aromatic rings. The molecule has 0 saturated carbocycles. The van der Waals surface area contributed by atoms with Crippen LogP contribution < -0.4 is 11.4 Å². The zero-order valence-electron chi connectivity index (χ0n) is 12.1. The number of hydrogen-bond acceptors (Lipinski definition) is 3. The monoisotopic (exact) mass is 289 g/mol. The Bertz CT molecular complexity index is 700. The second-order valence-electron chi connectivity index (χ2n) is 5.21. The van der Waals surface area contributed by atoms with Crippen molar-refractivity contribution >= 4 is 5.97 Å². The summed E-state index contributed by atoms with van der Waals surface area (Å²) in [6.45, 7) is 3.85. The van der Waals surface area contributed by atoms with Crippen LogP contribution in [0.3, 0.4) is 0 Å². The highest BCUT2D eigenvalue weighted by Gasteiger charge is 2.17. The predicted octanol–water partition coefficient (Wildman–Crippen LogP) is 1.69. The van der Waals surface area contributed by atoms with E-state index in [-0.39, 0.29) is 18.2 Å². The van der Waals surface area contributed by atoms with E-state index in [4.69, 9.17) is 10.8 Å². The van der Waals surface area contributed by atoms with Gasteiger partial charge in [-0.2, -0.15) is 0 Å². The lowest BCUT2D eigenvalue weighted by atomic mass is 10.0. The Balaban J connectivity index is 2.50. The van der Waals surface area contributed by atoms with Crippen LogP contribution in [0.4, 0.5) is 0 Å². The Hall–Kier alpha value is -2.34. The third-order valence-corrected chi connectivity index (χ3v) is 3.35. The SMILES string of the molecule is CC(C)n1ccn(-c2ccccc2C(N)CC(=O)O)c1=O. The van der Waals surface area contributed by atoms with Crippen LogP contribution in [0.25, 0.3) is 5.69 Å². The summed E-state index contributed by atoms with van der Waals surface area (Å²) in [4.78, 5) is 23.2. The van der Waals surface area contributed by atoms with Gasteiger partial charge >= 0.3 is 11.7 Å². The van der Waals surface area contributed by atoms with Crippen LogP contribution in [0.1, 0.15) is 37.9 Å². The lowest BCUT2D eigenvalue weighted by Crippen LogP contribution is -2.26. The predicted molar refractivity (Wildman–Crippen MR) is 79.6 cm³/mol. The van der Waals surface area contributed by atoms with Crippen LogP contribution in [0, 0.1) is 0 Å². The molecule has 1 aromatic carbocycles. The molecular weight excluding hydrogens is 270 g/mol. The first-order valence-corrected chi connectivity index (χ1v) is 6.78. The molecule has 0 amide bonds. The van der Waals surface area contributed by atoms with Crippen molar-refractivity contribution in [1.29, 1.82) is 0 Å². The number of carboxylic acid groups (broad SMARTS) is 1.